The Kier molecular flexibility index (Phi) is 5.15. The summed E-state index contributed by atoms with van der Waals surface area (Å²) >= 11 is 3.36. The van der Waals surface area contributed by atoms with Crippen LogP contribution in [0.25, 0.3) is 0 Å². The van der Waals surface area contributed by atoms with Crippen LogP contribution >= 0.6 is 15.9 Å². The zero-order valence-corrected chi connectivity index (χ0v) is 11.9. The zero-order valence-electron chi connectivity index (χ0n) is 10.3. The predicted molar refractivity (Wildman–Crippen MR) is 74.8 cm³/mol. The molecule has 0 saturated heterocycles. The van der Waals surface area contributed by atoms with Gasteiger partial charge in [-0.05, 0) is 37.1 Å². The highest BCUT2D eigenvalue weighted by atomic mass is 79.9. The van der Waals surface area contributed by atoms with Crippen LogP contribution in [0.3, 0.4) is 0 Å². The molecule has 17 heavy (non-hydrogen) atoms. The number of hydrogen-bond acceptors (Lipinski definition) is 2. The lowest BCUT2D eigenvalue weighted by atomic mass is 9.81. The monoisotopic (exact) mass is 298 g/mol. The van der Waals surface area contributed by atoms with E-state index in [1.54, 1.807) is 0 Å². The SMILES string of the molecule is CCC(CC)(CN)C(=O)Nc1ccc(Br)cc1. The normalized spacial score (nSPS) is 11.3. The third-order valence-electron chi connectivity index (χ3n) is 3.33. The number of carbonyl (C=O) groups is 1. The van der Waals surface area contributed by atoms with Crippen molar-refractivity contribution < 1.29 is 4.79 Å². The minimum absolute atomic E-state index is 0.00678. The molecular weight excluding hydrogens is 280 g/mol. The van der Waals surface area contributed by atoms with E-state index in [-0.39, 0.29) is 5.91 Å². The van der Waals surface area contributed by atoms with Crippen LogP contribution in [0.2, 0.25) is 0 Å². The van der Waals surface area contributed by atoms with Gasteiger partial charge in [0, 0.05) is 16.7 Å². The van der Waals surface area contributed by atoms with Crippen molar-refractivity contribution in [3.05, 3.63) is 28.7 Å². The van der Waals surface area contributed by atoms with Gasteiger partial charge < -0.3 is 11.1 Å². The van der Waals surface area contributed by atoms with Crippen molar-refractivity contribution in [2.75, 3.05) is 11.9 Å². The number of hydrogen-bond donors (Lipinski definition) is 2. The highest BCUT2D eigenvalue weighted by molar-refractivity contribution is 9.10. The van der Waals surface area contributed by atoms with Gasteiger partial charge in [-0.3, -0.25) is 4.79 Å². The molecule has 0 spiro atoms. The van der Waals surface area contributed by atoms with Crippen LogP contribution in [0.5, 0.6) is 0 Å². The summed E-state index contributed by atoms with van der Waals surface area (Å²) in [5, 5.41) is 2.92. The van der Waals surface area contributed by atoms with E-state index in [9.17, 15) is 4.79 Å². The lowest BCUT2D eigenvalue weighted by Gasteiger charge is -2.28. The second kappa shape index (κ2) is 6.17. The Labute approximate surface area is 111 Å². The van der Waals surface area contributed by atoms with Crippen molar-refractivity contribution >= 4 is 27.5 Å². The van der Waals surface area contributed by atoms with E-state index >= 15 is 0 Å². The van der Waals surface area contributed by atoms with Gasteiger partial charge in [-0.15, -0.1) is 0 Å². The van der Waals surface area contributed by atoms with E-state index < -0.39 is 5.41 Å². The molecule has 0 unspecified atom stereocenters. The molecular formula is C13H19BrN2O. The molecule has 4 heteroatoms. The van der Waals surface area contributed by atoms with Crippen molar-refractivity contribution in [1.82, 2.24) is 0 Å². The largest absolute Gasteiger partial charge is 0.329 e. The van der Waals surface area contributed by atoms with E-state index in [1.807, 2.05) is 38.1 Å². The molecule has 3 nitrogen and oxygen atoms in total. The van der Waals surface area contributed by atoms with E-state index in [2.05, 4.69) is 21.2 Å². The van der Waals surface area contributed by atoms with Gasteiger partial charge in [-0.25, -0.2) is 0 Å². The highest BCUT2D eigenvalue weighted by Crippen LogP contribution is 2.27. The number of carbonyl (C=O) groups excluding carboxylic acids is 1. The minimum atomic E-state index is -0.451. The first kappa shape index (κ1) is 14.2. The average Bonchev–Trinajstić information content (AvgIpc) is 2.35. The Bertz CT molecular complexity index is 363. The lowest BCUT2D eigenvalue weighted by molar-refractivity contribution is -0.125. The molecule has 0 aromatic heterocycles. The van der Waals surface area contributed by atoms with Crippen LogP contribution in [0, 0.1) is 5.41 Å². The summed E-state index contributed by atoms with van der Waals surface area (Å²) in [7, 11) is 0. The van der Waals surface area contributed by atoms with Crippen molar-refractivity contribution in [3.63, 3.8) is 0 Å². The molecule has 0 aliphatic rings. The fourth-order valence-electron chi connectivity index (χ4n) is 1.75. The molecule has 0 fully saturated rings. The van der Waals surface area contributed by atoms with Gasteiger partial charge in [0.25, 0.3) is 0 Å². The van der Waals surface area contributed by atoms with E-state index in [4.69, 9.17) is 5.73 Å². The van der Waals surface area contributed by atoms with Gasteiger partial charge >= 0.3 is 0 Å². The molecule has 0 saturated carbocycles. The third-order valence-corrected chi connectivity index (χ3v) is 3.86. The second-order valence-corrected chi connectivity index (χ2v) is 5.07. The Morgan fingerprint density at radius 1 is 1.29 bits per heavy atom. The van der Waals surface area contributed by atoms with Crippen LogP contribution in [0.1, 0.15) is 26.7 Å². The van der Waals surface area contributed by atoms with Crippen LogP contribution in [-0.4, -0.2) is 12.5 Å². The van der Waals surface area contributed by atoms with E-state index in [0.717, 1.165) is 23.0 Å². The molecule has 3 N–H and O–H groups in total. The fourth-order valence-corrected chi connectivity index (χ4v) is 2.01. The first-order valence-electron chi connectivity index (χ1n) is 5.85. The third kappa shape index (κ3) is 3.30. The zero-order chi connectivity index (χ0) is 12.9. The van der Waals surface area contributed by atoms with Crippen LogP contribution < -0.4 is 11.1 Å². The van der Waals surface area contributed by atoms with Gasteiger partial charge in [-0.2, -0.15) is 0 Å². The maximum absolute atomic E-state index is 12.2. The van der Waals surface area contributed by atoms with E-state index in [1.165, 1.54) is 0 Å². The molecule has 0 radical (unpaired) electrons. The molecule has 0 atom stereocenters. The summed E-state index contributed by atoms with van der Waals surface area (Å²) in [6.45, 7) is 4.37. The van der Waals surface area contributed by atoms with Crippen LogP contribution in [-0.2, 0) is 4.79 Å². The van der Waals surface area contributed by atoms with Gasteiger partial charge in [-0.1, -0.05) is 29.8 Å². The molecule has 1 amide bonds. The number of rotatable bonds is 5. The first-order valence-corrected chi connectivity index (χ1v) is 6.64. The molecule has 94 valence electrons. The maximum Gasteiger partial charge on any atom is 0.231 e. The summed E-state index contributed by atoms with van der Waals surface area (Å²) in [4.78, 5) is 12.2. The summed E-state index contributed by atoms with van der Waals surface area (Å²) in [5.41, 5.74) is 6.09. The summed E-state index contributed by atoms with van der Waals surface area (Å²) in [6, 6.07) is 7.54. The Morgan fingerprint density at radius 2 is 1.82 bits per heavy atom. The standard InChI is InChI=1S/C13H19BrN2O/c1-3-13(4-2,9-15)12(17)16-11-7-5-10(14)6-8-11/h5-8H,3-4,9,15H2,1-2H3,(H,16,17). The van der Waals surface area contributed by atoms with Gasteiger partial charge in [0.15, 0.2) is 0 Å². The summed E-state index contributed by atoms with van der Waals surface area (Å²) in [6.07, 6.45) is 1.50. The highest BCUT2D eigenvalue weighted by Gasteiger charge is 2.33. The number of halogens is 1. The molecule has 1 aromatic rings. The quantitative estimate of drug-likeness (QED) is 0.877. The molecule has 0 aliphatic carbocycles. The maximum atomic E-state index is 12.2. The minimum Gasteiger partial charge on any atom is -0.329 e. The summed E-state index contributed by atoms with van der Waals surface area (Å²) in [5.74, 6) is 0.00678. The molecule has 0 heterocycles. The average molecular weight is 299 g/mol. The smallest absolute Gasteiger partial charge is 0.231 e. The van der Waals surface area contributed by atoms with Gasteiger partial charge in [0.05, 0.1) is 5.41 Å². The number of nitrogens with one attached hydrogen (secondary N) is 1. The number of benzene rings is 1. The molecule has 1 aromatic carbocycles. The van der Waals surface area contributed by atoms with Crippen molar-refractivity contribution in [1.29, 1.82) is 0 Å². The van der Waals surface area contributed by atoms with Gasteiger partial charge in [0.1, 0.15) is 0 Å². The Hall–Kier alpha value is -0.870. The Morgan fingerprint density at radius 3 is 2.24 bits per heavy atom. The van der Waals surface area contributed by atoms with Crippen molar-refractivity contribution in [2.45, 2.75) is 26.7 Å². The van der Waals surface area contributed by atoms with Crippen molar-refractivity contribution in [3.8, 4) is 0 Å². The number of anilines is 1. The lowest BCUT2D eigenvalue weighted by Crippen LogP contribution is -2.41. The molecule has 1 rings (SSSR count). The fraction of sp³-hybridized carbons (Fsp3) is 0.462. The molecule has 0 bridgehead atoms. The predicted octanol–water partition coefficient (Wildman–Crippen LogP) is 3.15. The van der Waals surface area contributed by atoms with E-state index in [0.29, 0.717) is 6.54 Å². The summed E-state index contributed by atoms with van der Waals surface area (Å²) < 4.78 is 0.992. The number of amides is 1. The van der Waals surface area contributed by atoms with Gasteiger partial charge in [0.2, 0.25) is 5.91 Å². The molecule has 0 aliphatic heterocycles. The van der Waals surface area contributed by atoms with Crippen LogP contribution in [0.15, 0.2) is 28.7 Å². The number of nitrogens with two attached hydrogens (primary N) is 1. The van der Waals surface area contributed by atoms with Crippen LogP contribution in [0.4, 0.5) is 5.69 Å². The first-order chi connectivity index (χ1) is 8.07. The topological polar surface area (TPSA) is 55.1 Å². The Balaban J connectivity index is 2.80. The second-order valence-electron chi connectivity index (χ2n) is 4.15. The van der Waals surface area contributed by atoms with Crippen molar-refractivity contribution in [2.24, 2.45) is 11.1 Å².